The van der Waals surface area contributed by atoms with Gasteiger partial charge in [0.1, 0.15) is 27.3 Å². The summed E-state index contributed by atoms with van der Waals surface area (Å²) < 4.78 is 10.6. The SMILES string of the molecule is COc1ccc(Oc2cc(Cl)c([N+](=O)[O-])c(Cl)c2)cc1. The van der Waals surface area contributed by atoms with Gasteiger partial charge in [0.15, 0.2) is 0 Å². The molecule has 20 heavy (non-hydrogen) atoms. The smallest absolute Gasteiger partial charge is 0.306 e. The maximum Gasteiger partial charge on any atom is 0.306 e. The lowest BCUT2D eigenvalue weighted by atomic mass is 10.3. The van der Waals surface area contributed by atoms with Crippen molar-refractivity contribution in [3.63, 3.8) is 0 Å². The van der Waals surface area contributed by atoms with Crippen LogP contribution >= 0.6 is 23.2 Å². The van der Waals surface area contributed by atoms with Crippen molar-refractivity contribution in [3.05, 3.63) is 56.6 Å². The zero-order valence-corrected chi connectivity index (χ0v) is 11.8. The van der Waals surface area contributed by atoms with E-state index in [0.29, 0.717) is 17.2 Å². The van der Waals surface area contributed by atoms with Crippen LogP contribution in [0.15, 0.2) is 36.4 Å². The molecule has 5 nitrogen and oxygen atoms in total. The summed E-state index contributed by atoms with van der Waals surface area (Å²) in [6, 6.07) is 9.53. The van der Waals surface area contributed by atoms with Gasteiger partial charge in [-0.3, -0.25) is 10.1 Å². The van der Waals surface area contributed by atoms with Crippen molar-refractivity contribution in [3.8, 4) is 17.2 Å². The van der Waals surface area contributed by atoms with E-state index in [1.165, 1.54) is 12.1 Å². The van der Waals surface area contributed by atoms with Crippen molar-refractivity contribution in [2.24, 2.45) is 0 Å². The molecule has 2 aromatic rings. The fourth-order valence-corrected chi connectivity index (χ4v) is 2.16. The topological polar surface area (TPSA) is 61.6 Å². The van der Waals surface area contributed by atoms with Crippen molar-refractivity contribution in [1.82, 2.24) is 0 Å². The molecular formula is C13H9Cl2NO4. The van der Waals surface area contributed by atoms with Crippen molar-refractivity contribution in [2.75, 3.05) is 7.11 Å². The second kappa shape index (κ2) is 5.98. The molecule has 0 radical (unpaired) electrons. The Kier molecular flexibility index (Phi) is 4.32. The molecular weight excluding hydrogens is 305 g/mol. The van der Waals surface area contributed by atoms with Crippen LogP contribution in [0.2, 0.25) is 10.0 Å². The summed E-state index contributed by atoms with van der Waals surface area (Å²) >= 11 is 11.6. The van der Waals surface area contributed by atoms with Crippen molar-refractivity contribution >= 4 is 28.9 Å². The second-order valence-electron chi connectivity index (χ2n) is 3.77. The molecule has 0 saturated heterocycles. The van der Waals surface area contributed by atoms with Gasteiger partial charge >= 0.3 is 5.69 Å². The summed E-state index contributed by atoms with van der Waals surface area (Å²) in [5.74, 6) is 1.54. The van der Waals surface area contributed by atoms with Crippen LogP contribution in [0.3, 0.4) is 0 Å². The zero-order valence-electron chi connectivity index (χ0n) is 10.3. The summed E-state index contributed by atoms with van der Waals surface area (Å²) in [5, 5.41) is 10.6. The molecule has 7 heteroatoms. The van der Waals surface area contributed by atoms with E-state index in [2.05, 4.69) is 0 Å². The number of hydrogen-bond acceptors (Lipinski definition) is 4. The van der Waals surface area contributed by atoms with E-state index in [0.717, 1.165) is 0 Å². The summed E-state index contributed by atoms with van der Waals surface area (Å²) in [6.45, 7) is 0. The Morgan fingerprint density at radius 3 is 1.95 bits per heavy atom. The van der Waals surface area contributed by atoms with Gasteiger partial charge in [0, 0.05) is 12.1 Å². The molecule has 0 aliphatic carbocycles. The number of methoxy groups -OCH3 is 1. The largest absolute Gasteiger partial charge is 0.497 e. The maximum absolute atomic E-state index is 10.8. The van der Waals surface area contributed by atoms with Crippen LogP contribution in [-0.2, 0) is 0 Å². The summed E-state index contributed by atoms with van der Waals surface area (Å²) in [7, 11) is 1.56. The maximum atomic E-state index is 10.8. The van der Waals surface area contributed by atoms with E-state index >= 15 is 0 Å². The highest BCUT2D eigenvalue weighted by Gasteiger charge is 2.19. The first-order valence-corrected chi connectivity index (χ1v) is 6.22. The normalized spacial score (nSPS) is 10.2. The van der Waals surface area contributed by atoms with E-state index in [1.54, 1.807) is 31.4 Å². The Balaban J connectivity index is 2.27. The van der Waals surface area contributed by atoms with Gasteiger partial charge in [-0.15, -0.1) is 0 Å². The van der Waals surface area contributed by atoms with Gasteiger partial charge in [-0.1, -0.05) is 23.2 Å². The average molecular weight is 314 g/mol. The molecule has 0 spiro atoms. The van der Waals surface area contributed by atoms with E-state index in [9.17, 15) is 10.1 Å². The monoisotopic (exact) mass is 313 g/mol. The Morgan fingerprint density at radius 2 is 1.50 bits per heavy atom. The highest BCUT2D eigenvalue weighted by atomic mass is 35.5. The van der Waals surface area contributed by atoms with Gasteiger partial charge in [-0.2, -0.15) is 0 Å². The van der Waals surface area contributed by atoms with Crippen LogP contribution in [0.5, 0.6) is 17.2 Å². The van der Waals surface area contributed by atoms with Gasteiger partial charge in [0.05, 0.1) is 12.0 Å². The minimum absolute atomic E-state index is 0.0778. The number of nitrogens with zero attached hydrogens (tertiary/aromatic N) is 1. The van der Waals surface area contributed by atoms with E-state index in [-0.39, 0.29) is 15.7 Å². The first-order chi connectivity index (χ1) is 9.51. The zero-order chi connectivity index (χ0) is 14.7. The summed E-state index contributed by atoms with van der Waals surface area (Å²) in [5.41, 5.74) is -0.338. The number of hydrogen-bond donors (Lipinski definition) is 0. The molecule has 0 N–H and O–H groups in total. The number of benzene rings is 2. The van der Waals surface area contributed by atoms with Gasteiger partial charge in [-0.05, 0) is 24.3 Å². The molecule has 2 aromatic carbocycles. The lowest BCUT2D eigenvalue weighted by molar-refractivity contribution is -0.384. The van der Waals surface area contributed by atoms with Crippen LogP contribution in [0.25, 0.3) is 0 Å². The first-order valence-electron chi connectivity index (χ1n) is 5.46. The quantitative estimate of drug-likeness (QED) is 0.606. The standard InChI is InChI=1S/C13H9Cl2NO4/c1-19-8-2-4-9(5-3-8)20-10-6-11(14)13(16(17)18)12(15)7-10/h2-7H,1H3. The third kappa shape index (κ3) is 3.12. The van der Waals surface area contributed by atoms with Crippen molar-refractivity contribution < 1.29 is 14.4 Å². The third-order valence-electron chi connectivity index (χ3n) is 2.47. The number of rotatable bonds is 4. The second-order valence-corrected chi connectivity index (χ2v) is 4.58. The molecule has 2 rings (SSSR count). The fourth-order valence-electron chi connectivity index (χ4n) is 1.56. The Bertz CT molecular complexity index is 620. The van der Waals surface area contributed by atoms with Crippen molar-refractivity contribution in [1.29, 1.82) is 0 Å². The predicted molar refractivity (Wildman–Crippen MR) is 76.2 cm³/mol. The Labute approximate surface area is 124 Å². The minimum atomic E-state index is -0.637. The third-order valence-corrected chi connectivity index (χ3v) is 3.04. The van der Waals surface area contributed by atoms with Crippen LogP contribution in [-0.4, -0.2) is 12.0 Å². The summed E-state index contributed by atoms with van der Waals surface area (Å²) in [4.78, 5) is 10.1. The molecule has 0 fully saturated rings. The molecule has 104 valence electrons. The number of ether oxygens (including phenoxy) is 2. The molecule has 0 amide bonds. The molecule has 0 saturated carbocycles. The predicted octanol–water partition coefficient (Wildman–Crippen LogP) is 4.70. The number of nitro groups is 1. The van der Waals surface area contributed by atoms with E-state index < -0.39 is 4.92 Å². The highest BCUT2D eigenvalue weighted by Crippen LogP contribution is 2.37. The van der Waals surface area contributed by atoms with Crippen LogP contribution in [0.1, 0.15) is 0 Å². The van der Waals surface area contributed by atoms with Crippen LogP contribution in [0.4, 0.5) is 5.69 Å². The minimum Gasteiger partial charge on any atom is -0.497 e. The molecule has 0 aliphatic rings. The number of nitro benzene ring substituents is 1. The summed E-state index contributed by atoms with van der Waals surface area (Å²) in [6.07, 6.45) is 0. The molecule has 0 bridgehead atoms. The average Bonchev–Trinajstić information content (AvgIpc) is 2.38. The van der Waals surface area contributed by atoms with E-state index in [4.69, 9.17) is 32.7 Å². The van der Waals surface area contributed by atoms with Gasteiger partial charge < -0.3 is 9.47 Å². The lowest BCUT2D eigenvalue weighted by Crippen LogP contribution is -1.92. The lowest BCUT2D eigenvalue weighted by Gasteiger charge is -2.08. The highest BCUT2D eigenvalue weighted by molar-refractivity contribution is 6.38. The Morgan fingerprint density at radius 1 is 1.00 bits per heavy atom. The molecule has 0 unspecified atom stereocenters. The van der Waals surface area contributed by atoms with Crippen LogP contribution in [0, 0.1) is 10.1 Å². The molecule has 0 heterocycles. The first kappa shape index (κ1) is 14.4. The molecule has 0 atom stereocenters. The van der Waals surface area contributed by atoms with Crippen LogP contribution < -0.4 is 9.47 Å². The molecule has 0 aromatic heterocycles. The fraction of sp³-hybridized carbons (Fsp3) is 0.0769. The number of halogens is 2. The Hall–Kier alpha value is -1.98. The van der Waals surface area contributed by atoms with Gasteiger partial charge in [0.25, 0.3) is 0 Å². The van der Waals surface area contributed by atoms with Gasteiger partial charge in [0.2, 0.25) is 0 Å². The van der Waals surface area contributed by atoms with E-state index in [1.807, 2.05) is 0 Å². The molecule has 0 aliphatic heterocycles. The van der Waals surface area contributed by atoms with Gasteiger partial charge in [-0.25, -0.2) is 0 Å². The van der Waals surface area contributed by atoms with Crippen molar-refractivity contribution in [2.45, 2.75) is 0 Å².